The van der Waals surface area contributed by atoms with Crippen molar-refractivity contribution in [3.63, 3.8) is 0 Å². The van der Waals surface area contributed by atoms with Crippen molar-refractivity contribution in [2.24, 2.45) is 0 Å². The number of nitrogens with one attached hydrogen (secondary N) is 1. The van der Waals surface area contributed by atoms with Crippen molar-refractivity contribution in [3.8, 4) is 17.2 Å². The molecule has 0 bridgehead atoms. The first-order valence-electron chi connectivity index (χ1n) is 10.7. The van der Waals surface area contributed by atoms with Crippen LogP contribution in [0.5, 0.6) is 17.2 Å². The molecule has 0 spiro atoms. The van der Waals surface area contributed by atoms with Gasteiger partial charge in [-0.3, -0.25) is 0 Å². The summed E-state index contributed by atoms with van der Waals surface area (Å²) < 4.78 is 19.6. The maximum absolute atomic E-state index is 6.62. The van der Waals surface area contributed by atoms with E-state index in [4.69, 9.17) is 14.2 Å². The van der Waals surface area contributed by atoms with Crippen LogP contribution in [0.3, 0.4) is 0 Å². The Morgan fingerprint density at radius 3 is 2.48 bits per heavy atom. The Hall–Kier alpha value is -4.26. The van der Waals surface area contributed by atoms with Crippen LogP contribution in [-0.2, 0) is 0 Å². The zero-order valence-electron chi connectivity index (χ0n) is 18.2. The van der Waals surface area contributed by atoms with Gasteiger partial charge in [-0.25, -0.2) is 4.68 Å². The molecule has 0 radical (unpaired) electrons. The summed E-state index contributed by atoms with van der Waals surface area (Å²) in [7, 11) is 3.28. The van der Waals surface area contributed by atoms with Crippen molar-refractivity contribution in [1.29, 1.82) is 0 Å². The second-order valence-corrected chi connectivity index (χ2v) is 7.91. The Kier molecular flexibility index (Phi) is 4.54. The molecule has 2 atom stereocenters. The highest BCUT2D eigenvalue weighted by molar-refractivity contribution is 5.85. The number of hydrogen-bond acceptors (Lipinski definition) is 6. The summed E-state index contributed by atoms with van der Waals surface area (Å²) in [6.45, 7) is 0. The Morgan fingerprint density at radius 2 is 1.67 bits per heavy atom. The van der Waals surface area contributed by atoms with Gasteiger partial charge >= 0.3 is 0 Å². The molecule has 0 aliphatic carbocycles. The van der Waals surface area contributed by atoms with Gasteiger partial charge in [0.2, 0.25) is 5.95 Å². The Morgan fingerprint density at radius 1 is 0.879 bits per heavy atom. The van der Waals surface area contributed by atoms with E-state index in [1.54, 1.807) is 20.5 Å². The minimum absolute atomic E-state index is 0.253. The molecule has 33 heavy (non-hydrogen) atoms. The maximum atomic E-state index is 6.62. The molecular weight excluding hydrogens is 416 g/mol. The summed E-state index contributed by atoms with van der Waals surface area (Å²) >= 11 is 0. The van der Waals surface area contributed by atoms with Crippen LogP contribution in [-0.4, -0.2) is 29.0 Å². The Labute approximate surface area is 191 Å². The van der Waals surface area contributed by atoms with Crippen LogP contribution >= 0.6 is 0 Å². The van der Waals surface area contributed by atoms with Crippen molar-refractivity contribution in [2.75, 3.05) is 19.5 Å². The molecule has 1 N–H and O–H groups in total. The first kappa shape index (κ1) is 19.4. The number of ether oxygens (including phenoxy) is 3. The summed E-state index contributed by atoms with van der Waals surface area (Å²) in [6.07, 6.45) is 1.26. The van der Waals surface area contributed by atoms with Crippen LogP contribution in [0, 0.1) is 0 Å². The first-order valence-corrected chi connectivity index (χ1v) is 10.7. The molecule has 0 fully saturated rings. The number of methoxy groups -OCH3 is 2. The molecule has 0 saturated heterocycles. The molecule has 4 aromatic rings. The topological polar surface area (TPSA) is 70.4 Å². The molecule has 0 unspecified atom stereocenters. The van der Waals surface area contributed by atoms with Gasteiger partial charge in [-0.1, -0.05) is 48.5 Å². The van der Waals surface area contributed by atoms with E-state index in [0.29, 0.717) is 17.4 Å². The molecule has 0 saturated carbocycles. The van der Waals surface area contributed by atoms with Gasteiger partial charge in [0.15, 0.2) is 11.5 Å². The van der Waals surface area contributed by atoms with E-state index in [9.17, 15) is 0 Å². The minimum Gasteiger partial charge on any atom is -0.493 e. The molecule has 3 heterocycles. The first-order chi connectivity index (χ1) is 16.3. The fourth-order valence-corrected chi connectivity index (χ4v) is 4.66. The van der Waals surface area contributed by atoms with E-state index < -0.39 is 0 Å². The normalized spacial score (nSPS) is 18.4. The Bertz CT molecular complexity index is 1360. The van der Waals surface area contributed by atoms with Gasteiger partial charge < -0.3 is 19.5 Å². The van der Waals surface area contributed by atoms with Crippen LogP contribution in [0.4, 0.5) is 5.95 Å². The summed E-state index contributed by atoms with van der Waals surface area (Å²) in [4.78, 5) is 4.48. The monoisotopic (exact) mass is 438 g/mol. The molecule has 6 rings (SSSR count). The van der Waals surface area contributed by atoms with E-state index in [-0.39, 0.29) is 12.1 Å². The summed E-state index contributed by atoms with van der Waals surface area (Å²) in [5.74, 6) is 2.84. The number of benzene rings is 3. The number of aromatic nitrogens is 3. The lowest BCUT2D eigenvalue weighted by Gasteiger charge is -2.39. The molecular formula is C26H22N4O3. The molecule has 1 aromatic heterocycles. The highest BCUT2D eigenvalue weighted by Crippen LogP contribution is 2.51. The Balaban J connectivity index is 1.62. The zero-order chi connectivity index (χ0) is 22.4. The van der Waals surface area contributed by atoms with E-state index in [1.807, 2.05) is 59.3 Å². The summed E-state index contributed by atoms with van der Waals surface area (Å²) in [5.41, 5.74) is 5.11. The van der Waals surface area contributed by atoms with Crippen molar-refractivity contribution >= 4 is 11.6 Å². The van der Waals surface area contributed by atoms with E-state index >= 15 is 0 Å². The van der Waals surface area contributed by atoms with Crippen molar-refractivity contribution in [3.05, 3.63) is 101 Å². The number of hydrogen-bond donors (Lipinski definition) is 1. The van der Waals surface area contributed by atoms with Crippen LogP contribution in [0.2, 0.25) is 0 Å². The maximum Gasteiger partial charge on any atom is 0.226 e. The molecule has 2 aliphatic rings. The predicted molar refractivity (Wildman–Crippen MR) is 125 cm³/mol. The highest BCUT2D eigenvalue weighted by Gasteiger charge is 2.41. The van der Waals surface area contributed by atoms with Crippen LogP contribution < -0.4 is 19.5 Å². The second-order valence-electron chi connectivity index (χ2n) is 7.91. The average Bonchev–Trinajstić information content (AvgIpc) is 3.35. The van der Waals surface area contributed by atoms with Crippen molar-refractivity contribution in [2.45, 2.75) is 12.1 Å². The van der Waals surface area contributed by atoms with E-state index in [2.05, 4.69) is 33.6 Å². The standard InChI is InChI=1S/C26H22N4O3/c1-31-20-13-12-17(14-21(20)32-2)24-22-23(29-26-27-15-28-30(24)26)18-10-6-7-11-19(18)33-25(22)16-8-4-3-5-9-16/h3-15,24-25H,1-2H3,(H,27,28,29)/t24-,25+/m0/s1. The third-order valence-electron chi connectivity index (χ3n) is 6.15. The van der Waals surface area contributed by atoms with Crippen molar-refractivity contribution < 1.29 is 14.2 Å². The average molecular weight is 438 g/mol. The third kappa shape index (κ3) is 3.04. The third-order valence-corrected chi connectivity index (χ3v) is 6.15. The number of fused-ring (bicyclic) bond motifs is 3. The molecule has 2 aliphatic heterocycles. The van der Waals surface area contributed by atoms with E-state index in [0.717, 1.165) is 33.7 Å². The van der Waals surface area contributed by atoms with Gasteiger partial charge in [0.1, 0.15) is 24.2 Å². The highest BCUT2D eigenvalue weighted by atomic mass is 16.5. The summed E-state index contributed by atoms with van der Waals surface area (Å²) in [5, 5.41) is 8.09. The fraction of sp³-hybridized carbons (Fsp3) is 0.154. The molecule has 7 nitrogen and oxygen atoms in total. The van der Waals surface area contributed by atoms with Crippen molar-refractivity contribution in [1.82, 2.24) is 14.8 Å². The van der Waals surface area contributed by atoms with Gasteiger partial charge in [-0.2, -0.15) is 10.1 Å². The van der Waals surface area contributed by atoms with Gasteiger partial charge in [-0.05, 0) is 35.4 Å². The quantitative estimate of drug-likeness (QED) is 0.491. The summed E-state index contributed by atoms with van der Waals surface area (Å²) in [6, 6.07) is 24.0. The SMILES string of the molecule is COc1ccc([C@H]2C3=C(Nc4ncnn42)c2ccccc2O[C@@H]3c2ccccc2)cc1OC. The fourth-order valence-electron chi connectivity index (χ4n) is 4.66. The number of nitrogens with zero attached hydrogens (tertiary/aromatic N) is 3. The van der Waals surface area contributed by atoms with Gasteiger partial charge in [0.25, 0.3) is 0 Å². The van der Waals surface area contributed by atoms with Crippen LogP contribution in [0.25, 0.3) is 5.70 Å². The number of anilines is 1. The lowest BCUT2D eigenvalue weighted by molar-refractivity contribution is 0.223. The minimum atomic E-state index is -0.306. The smallest absolute Gasteiger partial charge is 0.226 e. The van der Waals surface area contributed by atoms with Crippen LogP contribution in [0.15, 0.2) is 84.7 Å². The zero-order valence-corrected chi connectivity index (χ0v) is 18.2. The lowest BCUT2D eigenvalue weighted by atomic mass is 9.84. The number of rotatable bonds is 4. The van der Waals surface area contributed by atoms with Crippen LogP contribution in [0.1, 0.15) is 28.8 Å². The van der Waals surface area contributed by atoms with Gasteiger partial charge in [0, 0.05) is 11.1 Å². The van der Waals surface area contributed by atoms with E-state index in [1.165, 1.54) is 0 Å². The predicted octanol–water partition coefficient (Wildman–Crippen LogP) is 4.86. The molecule has 164 valence electrons. The number of para-hydroxylation sites is 1. The molecule has 7 heteroatoms. The largest absolute Gasteiger partial charge is 0.493 e. The molecule has 0 amide bonds. The second kappa shape index (κ2) is 7.70. The van der Waals surface area contributed by atoms with Gasteiger partial charge in [0.05, 0.1) is 19.9 Å². The lowest BCUT2D eigenvalue weighted by Crippen LogP contribution is -2.32. The van der Waals surface area contributed by atoms with Gasteiger partial charge in [-0.15, -0.1) is 0 Å². The molecule has 3 aromatic carbocycles.